The third-order valence-corrected chi connectivity index (χ3v) is 3.89. The zero-order chi connectivity index (χ0) is 14.5. The molecule has 0 fully saturated rings. The summed E-state index contributed by atoms with van der Waals surface area (Å²) in [4.78, 5) is 4.40. The SMILES string of the molecule is CCCn1ccnc1CC(N)c1ccc(OC)c(Br)c1. The van der Waals surface area contributed by atoms with Crippen LogP contribution < -0.4 is 10.5 Å². The van der Waals surface area contributed by atoms with Gasteiger partial charge in [-0.25, -0.2) is 4.98 Å². The highest BCUT2D eigenvalue weighted by Gasteiger charge is 2.12. The van der Waals surface area contributed by atoms with Gasteiger partial charge < -0.3 is 15.0 Å². The summed E-state index contributed by atoms with van der Waals surface area (Å²) in [5.74, 6) is 1.85. The number of rotatable bonds is 6. The lowest BCUT2D eigenvalue weighted by Gasteiger charge is -2.14. The minimum Gasteiger partial charge on any atom is -0.496 e. The predicted octanol–water partition coefficient (Wildman–Crippen LogP) is 3.31. The highest BCUT2D eigenvalue weighted by molar-refractivity contribution is 9.10. The van der Waals surface area contributed by atoms with Gasteiger partial charge in [0.2, 0.25) is 0 Å². The Morgan fingerprint density at radius 2 is 2.25 bits per heavy atom. The Morgan fingerprint density at radius 1 is 1.45 bits per heavy atom. The summed E-state index contributed by atoms with van der Waals surface area (Å²) in [6, 6.07) is 5.87. The van der Waals surface area contributed by atoms with E-state index >= 15 is 0 Å². The molecule has 20 heavy (non-hydrogen) atoms. The molecule has 0 aliphatic rings. The molecule has 1 aromatic carbocycles. The van der Waals surface area contributed by atoms with Crippen LogP contribution in [0.15, 0.2) is 35.1 Å². The first-order chi connectivity index (χ1) is 9.65. The van der Waals surface area contributed by atoms with Crippen molar-refractivity contribution >= 4 is 15.9 Å². The minimum atomic E-state index is -0.0739. The normalized spacial score (nSPS) is 12.4. The molecule has 1 heterocycles. The predicted molar refractivity (Wildman–Crippen MR) is 83.8 cm³/mol. The standard InChI is InChI=1S/C15H20BrN3O/c1-3-7-19-8-6-18-15(19)10-13(17)11-4-5-14(20-2)12(16)9-11/h4-6,8-9,13H,3,7,10,17H2,1-2H3. The van der Waals surface area contributed by atoms with Gasteiger partial charge in [0.1, 0.15) is 11.6 Å². The van der Waals surface area contributed by atoms with Gasteiger partial charge in [-0.05, 0) is 40.0 Å². The number of ether oxygens (including phenoxy) is 1. The van der Waals surface area contributed by atoms with Crippen LogP contribution in [0.2, 0.25) is 0 Å². The zero-order valence-corrected chi connectivity index (χ0v) is 13.4. The maximum absolute atomic E-state index is 6.30. The first-order valence-electron chi connectivity index (χ1n) is 6.74. The van der Waals surface area contributed by atoms with Gasteiger partial charge in [-0.3, -0.25) is 0 Å². The van der Waals surface area contributed by atoms with Gasteiger partial charge in [-0.15, -0.1) is 0 Å². The molecule has 0 bridgehead atoms. The molecule has 0 aliphatic heterocycles. The molecule has 2 N–H and O–H groups in total. The van der Waals surface area contributed by atoms with E-state index < -0.39 is 0 Å². The minimum absolute atomic E-state index is 0.0739. The lowest BCUT2D eigenvalue weighted by molar-refractivity contribution is 0.412. The van der Waals surface area contributed by atoms with Crippen LogP contribution >= 0.6 is 15.9 Å². The van der Waals surface area contributed by atoms with Crippen molar-refractivity contribution in [2.75, 3.05) is 7.11 Å². The molecule has 0 saturated heterocycles. The third-order valence-electron chi connectivity index (χ3n) is 3.27. The Hall–Kier alpha value is -1.33. The lowest BCUT2D eigenvalue weighted by Crippen LogP contribution is -2.16. The number of hydrogen-bond donors (Lipinski definition) is 1. The van der Waals surface area contributed by atoms with Crippen molar-refractivity contribution in [2.24, 2.45) is 5.73 Å². The van der Waals surface area contributed by atoms with E-state index in [0.717, 1.165) is 41.0 Å². The van der Waals surface area contributed by atoms with Gasteiger partial charge in [0.05, 0.1) is 11.6 Å². The highest BCUT2D eigenvalue weighted by atomic mass is 79.9. The molecular weight excluding hydrogens is 318 g/mol. The second-order valence-corrected chi connectivity index (χ2v) is 5.60. The van der Waals surface area contributed by atoms with Crippen LogP contribution in [0.1, 0.15) is 30.8 Å². The summed E-state index contributed by atoms with van der Waals surface area (Å²) in [5, 5.41) is 0. The average Bonchev–Trinajstić information content (AvgIpc) is 2.86. The number of nitrogens with zero attached hydrogens (tertiary/aromatic N) is 2. The molecule has 1 aromatic heterocycles. The molecule has 0 saturated carbocycles. The van der Waals surface area contributed by atoms with Crippen molar-refractivity contribution in [2.45, 2.75) is 32.4 Å². The van der Waals surface area contributed by atoms with Crippen LogP contribution in [0.5, 0.6) is 5.75 Å². The van der Waals surface area contributed by atoms with Crippen LogP contribution in [0.25, 0.3) is 0 Å². The van der Waals surface area contributed by atoms with Gasteiger partial charge in [-0.1, -0.05) is 13.0 Å². The molecule has 108 valence electrons. The molecule has 2 aromatic rings. The number of aromatic nitrogens is 2. The van der Waals surface area contributed by atoms with Crippen molar-refractivity contribution in [1.82, 2.24) is 9.55 Å². The fourth-order valence-corrected chi connectivity index (χ4v) is 2.76. The highest BCUT2D eigenvalue weighted by Crippen LogP contribution is 2.28. The van der Waals surface area contributed by atoms with E-state index in [2.05, 4.69) is 32.4 Å². The average molecular weight is 338 g/mol. The van der Waals surface area contributed by atoms with Crippen molar-refractivity contribution in [3.05, 3.63) is 46.5 Å². The molecule has 0 amide bonds. The largest absolute Gasteiger partial charge is 0.496 e. The Labute approximate surface area is 128 Å². The maximum atomic E-state index is 6.30. The van der Waals surface area contributed by atoms with Crippen LogP contribution in [-0.2, 0) is 13.0 Å². The summed E-state index contributed by atoms with van der Waals surface area (Å²) in [6.45, 7) is 3.14. The summed E-state index contributed by atoms with van der Waals surface area (Å²) in [6.07, 6.45) is 5.66. The van der Waals surface area contributed by atoms with Gasteiger partial charge in [0.25, 0.3) is 0 Å². The molecule has 2 rings (SSSR count). The van der Waals surface area contributed by atoms with E-state index in [4.69, 9.17) is 10.5 Å². The van der Waals surface area contributed by atoms with Crippen molar-refractivity contribution in [1.29, 1.82) is 0 Å². The Balaban J connectivity index is 2.13. The Bertz CT molecular complexity index is 568. The van der Waals surface area contributed by atoms with Crippen LogP contribution in [-0.4, -0.2) is 16.7 Å². The van der Waals surface area contributed by atoms with E-state index in [0.29, 0.717) is 0 Å². The second-order valence-electron chi connectivity index (χ2n) is 4.74. The van der Waals surface area contributed by atoms with Gasteiger partial charge >= 0.3 is 0 Å². The number of methoxy groups -OCH3 is 1. The van der Waals surface area contributed by atoms with E-state index in [-0.39, 0.29) is 6.04 Å². The maximum Gasteiger partial charge on any atom is 0.133 e. The first-order valence-corrected chi connectivity index (χ1v) is 7.54. The van der Waals surface area contributed by atoms with Gasteiger partial charge in [0.15, 0.2) is 0 Å². The second kappa shape index (κ2) is 6.90. The summed E-state index contributed by atoms with van der Waals surface area (Å²) in [5.41, 5.74) is 7.37. The summed E-state index contributed by atoms with van der Waals surface area (Å²) in [7, 11) is 1.65. The number of hydrogen-bond acceptors (Lipinski definition) is 3. The fourth-order valence-electron chi connectivity index (χ4n) is 2.20. The monoisotopic (exact) mass is 337 g/mol. The van der Waals surface area contributed by atoms with Crippen LogP contribution in [0.4, 0.5) is 0 Å². The smallest absolute Gasteiger partial charge is 0.133 e. The van der Waals surface area contributed by atoms with Crippen LogP contribution in [0.3, 0.4) is 0 Å². The molecule has 1 unspecified atom stereocenters. The molecule has 5 heteroatoms. The molecule has 1 atom stereocenters. The molecule has 0 spiro atoms. The zero-order valence-electron chi connectivity index (χ0n) is 11.8. The van der Waals surface area contributed by atoms with E-state index in [9.17, 15) is 0 Å². The number of benzene rings is 1. The van der Waals surface area contributed by atoms with E-state index in [1.807, 2.05) is 30.6 Å². The Morgan fingerprint density at radius 3 is 2.90 bits per heavy atom. The van der Waals surface area contributed by atoms with Gasteiger partial charge in [-0.2, -0.15) is 0 Å². The van der Waals surface area contributed by atoms with E-state index in [1.54, 1.807) is 7.11 Å². The topological polar surface area (TPSA) is 53.1 Å². The van der Waals surface area contributed by atoms with Crippen molar-refractivity contribution in [3.8, 4) is 5.75 Å². The number of imidazole rings is 1. The molecular formula is C15H20BrN3O. The number of nitrogens with two attached hydrogens (primary N) is 1. The molecule has 0 aliphatic carbocycles. The summed E-state index contributed by atoms with van der Waals surface area (Å²) < 4.78 is 8.32. The number of aryl methyl sites for hydroxylation is 1. The van der Waals surface area contributed by atoms with Crippen molar-refractivity contribution in [3.63, 3.8) is 0 Å². The Kier molecular flexibility index (Phi) is 5.20. The quantitative estimate of drug-likeness (QED) is 0.879. The van der Waals surface area contributed by atoms with E-state index in [1.165, 1.54) is 0 Å². The molecule has 4 nitrogen and oxygen atoms in total. The van der Waals surface area contributed by atoms with Crippen molar-refractivity contribution < 1.29 is 4.74 Å². The molecule has 0 radical (unpaired) electrons. The fraction of sp³-hybridized carbons (Fsp3) is 0.400. The van der Waals surface area contributed by atoms with Crippen LogP contribution in [0, 0.1) is 0 Å². The lowest BCUT2D eigenvalue weighted by atomic mass is 10.0. The number of halogens is 1. The third kappa shape index (κ3) is 3.41. The summed E-state index contributed by atoms with van der Waals surface area (Å²) >= 11 is 3.49. The first kappa shape index (κ1) is 15.1. The van der Waals surface area contributed by atoms with Gasteiger partial charge in [0, 0.05) is 31.4 Å².